The lowest BCUT2D eigenvalue weighted by atomic mass is 10.3. The fraction of sp³-hybridized carbons (Fsp3) is 0.889. The van der Waals surface area contributed by atoms with E-state index in [1.165, 1.54) is 0 Å². The van der Waals surface area contributed by atoms with Gasteiger partial charge >= 0.3 is 104 Å². The van der Waals surface area contributed by atoms with Crippen molar-refractivity contribution >= 4 is 212 Å². The van der Waals surface area contributed by atoms with Crippen LogP contribution in [0, 0.1) is 0 Å². The van der Waals surface area contributed by atoms with Crippen LogP contribution in [-0.2, 0) is 144 Å². The standard InChI is InChI=1S/C20H36O11Si3.C14H26O7Si2.C14H34O6Si4.2C12H28O5Si3.C10H22O4Si2.C8H16O4Si/c1-32(2,9-6-15-12-24-18(21)27-15)30-34(5,11-8-17-14-26-20(23)29-17)31-33(3,4)10-7-16-13-25-19(22)28-16;1-22(2,7-5-11-9-17-13(15)19-11)21-23(3,4)8-6-12-10-18-14(16)20-12;1-21(2,3)18-23(7,8)20-24(9,19-22(4,5)6)11-10-13-12-16-14(15)17-13;2*1-18(2,3)16-20(7,17-19(4,5)6)9-8-11-10-14-12(13)15-11;1-15(2,3)14-16(4,5)7-6-9-8-12-10(11)13-9;1-10-13(2,3)5-4-7-6-11-8(9)12-7/h15-17H,6-14H2,1-5H3;11-12H,5-10H2,1-4H3;13H,10-12H2,1-9H3;2*11H,8-10H2,1-7H3;9H,6-8H2,1-5H3;7H,4-6H2,1-3H3. The number of rotatable bonds is 53. The van der Waals surface area contributed by atoms with E-state index in [-0.39, 0.29) is 80.9 Å². The molecule has 60 heteroatoms. The minimum Gasteiger partial charge on any atom is -0.456 e. The van der Waals surface area contributed by atoms with E-state index in [1.807, 2.05) is 0 Å². The largest absolute Gasteiger partial charge is 0.508 e. The van der Waals surface area contributed by atoms with Gasteiger partial charge in [-0.1, -0.05) is 0 Å². The van der Waals surface area contributed by atoms with Crippen molar-refractivity contribution in [2.24, 2.45) is 0 Å². The van der Waals surface area contributed by atoms with Gasteiger partial charge in [-0.2, -0.15) is 0 Å². The zero-order chi connectivity index (χ0) is 114. The minimum absolute atomic E-state index is 0.0607. The van der Waals surface area contributed by atoms with Crippen molar-refractivity contribution in [1.82, 2.24) is 0 Å². The Kier molecular flexibility index (Phi) is 54.4. The van der Waals surface area contributed by atoms with Gasteiger partial charge in [-0.15, -0.1) is 0 Å². The molecule has 11 unspecified atom stereocenters. The molecule has 0 N–H and O–H groups in total. The third kappa shape index (κ3) is 63.8. The molecule has 150 heavy (non-hydrogen) atoms. The normalized spacial score (nSPS) is 23.2. The summed E-state index contributed by atoms with van der Waals surface area (Å²) in [7, 11) is -32.9. The van der Waals surface area contributed by atoms with E-state index >= 15 is 0 Å². The fourth-order valence-electron chi connectivity index (χ4n) is 17.9. The van der Waals surface area contributed by atoms with Gasteiger partial charge in [0.1, 0.15) is 127 Å². The van der Waals surface area contributed by atoms with Gasteiger partial charge in [0.2, 0.25) is 0 Å². The van der Waals surface area contributed by atoms with Crippen LogP contribution in [0.5, 0.6) is 0 Å². The number of cyclic esters (lactones) is 20. The molecule has 0 bridgehead atoms. The Morgan fingerprint density at radius 2 is 0.300 bits per heavy atom. The van der Waals surface area contributed by atoms with Crippen molar-refractivity contribution in [2.45, 2.75) is 441 Å². The van der Waals surface area contributed by atoms with Gasteiger partial charge in [-0.3, -0.25) is 0 Å². The second-order valence-corrected chi connectivity index (χ2v) is 128. The third-order valence-corrected chi connectivity index (χ3v) is 83.7. The average molecular weight is 2450 g/mol. The first-order valence-electron chi connectivity index (χ1n) is 52.7. The molecule has 10 fully saturated rings. The predicted molar refractivity (Wildman–Crippen MR) is 608 cm³/mol. The maximum atomic E-state index is 11.3. The lowest BCUT2D eigenvalue weighted by Gasteiger charge is -2.41. The van der Waals surface area contributed by atoms with E-state index in [0.29, 0.717) is 78.0 Å². The van der Waals surface area contributed by atoms with Crippen LogP contribution in [-0.4, -0.2) is 347 Å². The summed E-state index contributed by atoms with van der Waals surface area (Å²) in [5.41, 5.74) is 0. The van der Waals surface area contributed by atoms with Crippen LogP contribution in [0.3, 0.4) is 0 Å². The van der Waals surface area contributed by atoms with Gasteiger partial charge in [0.05, 0.1) is 0 Å². The second-order valence-electron chi connectivity index (χ2n) is 51.0. The maximum Gasteiger partial charge on any atom is 0.508 e. The zero-order valence-electron chi connectivity index (χ0n) is 98.1. The number of ether oxygens (including phenoxy) is 20. The van der Waals surface area contributed by atoms with E-state index in [0.717, 1.165) is 92.9 Å². The lowest BCUT2D eigenvalue weighted by molar-refractivity contribution is 0.115. The van der Waals surface area contributed by atoms with Crippen LogP contribution < -0.4 is 0 Å². The summed E-state index contributed by atoms with van der Waals surface area (Å²) in [6, 6.07) is 8.53. The van der Waals surface area contributed by atoms with Crippen LogP contribution in [0.1, 0.15) is 64.2 Å². The van der Waals surface area contributed by atoms with Crippen molar-refractivity contribution in [3.05, 3.63) is 0 Å². The molecule has 0 aromatic heterocycles. The Morgan fingerprint density at radius 3 is 0.447 bits per heavy atom. The summed E-state index contributed by atoms with van der Waals surface area (Å²) in [5, 5.41) is 0. The molecule has 10 saturated heterocycles. The van der Waals surface area contributed by atoms with Crippen molar-refractivity contribution in [2.75, 3.05) is 73.2 Å². The van der Waals surface area contributed by atoms with Crippen molar-refractivity contribution in [3.8, 4) is 0 Å². The second kappa shape index (κ2) is 59.0. The molecule has 0 radical (unpaired) electrons. The first-order chi connectivity index (χ1) is 68.1. The van der Waals surface area contributed by atoms with E-state index < -0.39 is 212 Å². The lowest BCUT2D eigenvalue weighted by Crippen LogP contribution is -2.57. The summed E-state index contributed by atoms with van der Waals surface area (Å²) in [5.74, 6) is 0. The van der Waals surface area contributed by atoms with Crippen LogP contribution in [0.25, 0.3) is 0 Å². The van der Waals surface area contributed by atoms with Gasteiger partial charge < -0.3 is 144 Å². The highest BCUT2D eigenvalue weighted by Gasteiger charge is 2.51. The Balaban J connectivity index is 0.000000371. The average Bonchev–Trinajstić information content (AvgIpc) is 1.59. The molecule has 0 amide bonds. The first-order valence-corrected chi connectivity index (χ1v) is 108. The summed E-state index contributed by atoms with van der Waals surface area (Å²) < 4.78 is 176. The summed E-state index contributed by atoms with van der Waals surface area (Å²) in [6.07, 6.45) is -0.0299. The van der Waals surface area contributed by atoms with Crippen molar-refractivity contribution in [3.63, 3.8) is 0 Å². The molecule has 0 aliphatic carbocycles. The van der Waals surface area contributed by atoms with Crippen molar-refractivity contribution < 1.29 is 192 Å². The van der Waals surface area contributed by atoms with E-state index in [2.05, 4.69) is 260 Å². The molecule has 10 aliphatic rings. The highest BCUT2D eigenvalue weighted by atomic mass is 28.5. The van der Waals surface area contributed by atoms with Crippen LogP contribution in [0.15, 0.2) is 0 Å². The van der Waals surface area contributed by atoms with E-state index in [9.17, 15) is 47.9 Å². The Bertz CT molecular complexity index is 4050. The minimum atomic E-state index is -2.69. The number of hydrogen-bond acceptors (Lipinski definition) is 42. The molecule has 0 saturated carbocycles. The third-order valence-electron chi connectivity index (χ3n) is 22.9. The molecular weight excluding hydrogens is 2260 g/mol. The topological polar surface area (TPSA) is 466 Å². The monoisotopic (exact) mass is 2450 g/mol. The van der Waals surface area contributed by atoms with Crippen LogP contribution >= 0.6 is 0 Å². The summed E-state index contributed by atoms with van der Waals surface area (Å²) in [4.78, 5) is 110. The number of hydrogen-bond donors (Lipinski definition) is 0. The number of carbonyl (C=O) groups excluding carboxylic acids is 10. The SMILES string of the molecule is CO[Si](C)(C)CCC1COC(=O)O1.C[Si](C)(C)O[Si](C)(C)CCC1COC(=O)O1.C[Si](C)(C)O[Si](C)(C)O[Si](C)(CCC1COC(=O)O1)O[Si](C)(C)C.C[Si](C)(C)O[Si](C)(CCC1COC(=O)O1)O[Si](C)(C)C.C[Si](C)(C)O[Si](C)(CCC1COC(=O)O1)O[Si](C)(C)C.C[Si](C)(CCC1COC(=O)O1)O[Si](C)(C)CCC1COC(=O)O1.C[Si](C)(CCC1COC(=O)O1)O[Si](C)(CCC1COC(=O)O1)O[Si](C)(C)CCC1COC(=O)O1. The van der Waals surface area contributed by atoms with Gasteiger partial charge in [-0.25, -0.2) is 47.9 Å². The molecule has 0 aromatic carbocycles. The van der Waals surface area contributed by atoms with Gasteiger partial charge in [-0.05, 0) is 380 Å². The van der Waals surface area contributed by atoms with Crippen LogP contribution in [0.4, 0.5) is 47.9 Å². The maximum absolute atomic E-state index is 11.3. The predicted octanol–water partition coefficient (Wildman–Crippen LogP) is 24.1. The van der Waals surface area contributed by atoms with Gasteiger partial charge in [0.15, 0.2) is 108 Å². The molecule has 0 aromatic rings. The van der Waals surface area contributed by atoms with Gasteiger partial charge in [0.25, 0.3) is 0 Å². The molecule has 10 heterocycles. The molecular formula is C90H190O42Si18. The Hall–Kier alpha value is -3.88. The molecule has 0 spiro atoms. The number of carbonyl (C=O) groups is 10. The molecule has 10 aliphatic heterocycles. The summed E-state index contributed by atoms with van der Waals surface area (Å²) in [6.45, 7) is 87.9. The fourth-order valence-corrected chi connectivity index (χ4v) is 93.6. The highest BCUT2D eigenvalue weighted by molar-refractivity contribution is 6.92. The smallest absolute Gasteiger partial charge is 0.456 e. The molecule has 42 nitrogen and oxygen atoms in total. The molecule has 874 valence electrons. The summed E-state index contributed by atoms with van der Waals surface area (Å²) >= 11 is 0. The van der Waals surface area contributed by atoms with E-state index in [4.69, 9.17) is 140 Å². The highest BCUT2D eigenvalue weighted by Crippen LogP contribution is 2.38. The van der Waals surface area contributed by atoms with Crippen molar-refractivity contribution in [1.29, 1.82) is 0 Å². The Labute approximate surface area is 912 Å². The molecule has 11 atom stereocenters. The quantitative estimate of drug-likeness (QED) is 0.0310. The van der Waals surface area contributed by atoms with Crippen LogP contribution in [0.2, 0.25) is 316 Å². The molecule has 10 rings (SSSR count). The zero-order valence-corrected chi connectivity index (χ0v) is 116. The van der Waals surface area contributed by atoms with E-state index in [1.54, 1.807) is 7.11 Å². The van der Waals surface area contributed by atoms with Gasteiger partial charge in [0, 0.05) is 7.11 Å². The first kappa shape index (κ1) is 138. The Morgan fingerprint density at radius 1 is 0.167 bits per heavy atom.